The Morgan fingerprint density at radius 3 is 1.81 bits per heavy atom. The lowest BCUT2D eigenvalue weighted by atomic mass is 9.84. The highest BCUT2D eigenvalue weighted by Crippen LogP contribution is 2.36. The van der Waals surface area contributed by atoms with E-state index in [1.807, 2.05) is 0 Å². The molecule has 5 aliphatic heterocycles. The van der Waals surface area contributed by atoms with Gasteiger partial charge < -0.3 is 134 Å². The minimum atomic E-state index is -1.69. The lowest BCUT2D eigenvalue weighted by Gasteiger charge is -2.47. The van der Waals surface area contributed by atoms with Crippen molar-refractivity contribution < 1.29 is 103 Å². The number of nitrogens with two attached hydrogens (primary N) is 6. The van der Waals surface area contributed by atoms with Gasteiger partial charge in [-0.2, -0.15) is 11.8 Å². The van der Waals surface area contributed by atoms with E-state index in [1.54, 1.807) is 20.8 Å². The predicted octanol–water partition coefficient (Wildman–Crippen LogP) is -9.87. The number of carbonyl (C=O) groups excluding carboxylic acids is 4. The van der Waals surface area contributed by atoms with Gasteiger partial charge in [-0.05, 0) is 33.6 Å². The number of amides is 5. The zero-order valence-electron chi connectivity index (χ0n) is 43.4. The molecule has 6 rings (SSSR count). The van der Waals surface area contributed by atoms with Gasteiger partial charge in [-0.1, -0.05) is 0 Å². The molecule has 77 heavy (non-hydrogen) atoms. The molecule has 0 aromatic heterocycles. The van der Waals surface area contributed by atoms with Crippen molar-refractivity contribution in [3.8, 4) is 0 Å². The van der Waals surface area contributed by atoms with E-state index < -0.39 is 189 Å². The normalized spacial score (nSPS) is 43.1. The van der Waals surface area contributed by atoms with Gasteiger partial charge in [-0.15, -0.1) is 0 Å². The highest BCUT2D eigenvalue weighted by atomic mass is 32.2. The van der Waals surface area contributed by atoms with Crippen LogP contribution in [0.4, 0.5) is 4.79 Å². The number of hydrogen-bond donors (Lipinski definition) is 17. The molecule has 0 aromatic carbocycles. The standard InChI is InChI=1S/C45H82N10O21S/c1-16(57)53-27-34(65)31(62)22(14-56)72-42(27)69-8-5-7-54-19(11-24(58)55(44(54)68)45(2,3)4)39(67)52-6-9-77-15-23-37(75-41-26(51)33(64)30(61)21(13-47)71-41)35(66)43(73-23)76-38-28(59)17(48)10-18(49)36(38)74-40-25(50)32(63)29(60)20(12-46)70-40/h17-23,25-38,40-43,56,59-66H,5-15,46-51H2,1-4H3,(H,52,67)(H,53,57)/t17-,18+,19?,20-,21+,22-,23-,25-,26-,27-,28+,29-,30-,31-,32-,33-,34-,35-,36-,37-,38-,40-,41-,42-,43+/m1/s1. The minimum Gasteiger partial charge on any atom is -0.394 e. The predicted molar refractivity (Wildman–Crippen MR) is 265 cm³/mol. The van der Waals surface area contributed by atoms with E-state index in [9.17, 15) is 65.1 Å². The third-order valence-electron chi connectivity index (χ3n) is 14.5. The molecule has 5 amide bonds. The second-order valence-electron chi connectivity index (χ2n) is 21.2. The van der Waals surface area contributed by atoms with E-state index in [0.717, 1.165) is 4.90 Å². The number of imide groups is 1. The third kappa shape index (κ3) is 14.5. The van der Waals surface area contributed by atoms with E-state index in [4.69, 9.17) is 72.3 Å². The number of nitrogens with one attached hydrogen (secondary N) is 2. The van der Waals surface area contributed by atoms with Crippen LogP contribution in [0.1, 0.15) is 47.0 Å². The number of aliphatic hydroxyl groups is 9. The Labute approximate surface area is 448 Å². The molecule has 5 heterocycles. The van der Waals surface area contributed by atoms with E-state index in [0.29, 0.717) is 0 Å². The molecule has 0 bridgehead atoms. The van der Waals surface area contributed by atoms with Crippen molar-refractivity contribution in [2.24, 2.45) is 34.4 Å². The van der Waals surface area contributed by atoms with E-state index in [-0.39, 0.29) is 63.6 Å². The van der Waals surface area contributed by atoms with Crippen LogP contribution in [0.25, 0.3) is 0 Å². The fourth-order valence-electron chi connectivity index (χ4n) is 10.2. The summed E-state index contributed by atoms with van der Waals surface area (Å²) in [5.41, 5.74) is 35.8. The first kappa shape index (κ1) is 63.5. The molecule has 0 radical (unpaired) electrons. The number of aliphatic hydroxyl groups excluding tert-OH is 9. The monoisotopic (exact) mass is 1130 g/mol. The summed E-state index contributed by atoms with van der Waals surface area (Å²) < 4.78 is 47.9. The highest BCUT2D eigenvalue weighted by molar-refractivity contribution is 7.99. The maximum Gasteiger partial charge on any atom is 0.327 e. The van der Waals surface area contributed by atoms with Crippen molar-refractivity contribution in [3.63, 3.8) is 0 Å². The molecule has 6 aliphatic rings. The van der Waals surface area contributed by atoms with Crippen molar-refractivity contribution in [1.29, 1.82) is 0 Å². The Hall–Kier alpha value is -2.69. The number of nitrogens with zero attached hydrogens (tertiary/aromatic N) is 2. The van der Waals surface area contributed by atoms with Gasteiger partial charge in [0.1, 0.15) is 91.4 Å². The summed E-state index contributed by atoms with van der Waals surface area (Å²) in [7, 11) is 0. The topological polar surface area (TPSA) is 511 Å². The van der Waals surface area contributed by atoms with Gasteiger partial charge in [0.15, 0.2) is 25.2 Å². The molecule has 5 saturated heterocycles. The van der Waals surface area contributed by atoms with Crippen molar-refractivity contribution in [3.05, 3.63) is 0 Å². The van der Waals surface area contributed by atoms with E-state index in [2.05, 4.69) is 10.6 Å². The molecule has 31 nitrogen and oxygen atoms in total. The first-order valence-corrected chi connectivity index (χ1v) is 26.8. The fraction of sp³-hybridized carbons (Fsp3) is 0.911. The fourth-order valence-corrected chi connectivity index (χ4v) is 11.1. The summed E-state index contributed by atoms with van der Waals surface area (Å²) >= 11 is 1.21. The van der Waals surface area contributed by atoms with E-state index in [1.165, 1.54) is 23.6 Å². The molecule has 444 valence electrons. The molecule has 1 saturated carbocycles. The van der Waals surface area contributed by atoms with Gasteiger partial charge in [0.05, 0.1) is 43.9 Å². The number of urea groups is 1. The van der Waals surface area contributed by atoms with Crippen LogP contribution in [0.15, 0.2) is 0 Å². The quantitative estimate of drug-likeness (QED) is 0.0475. The summed E-state index contributed by atoms with van der Waals surface area (Å²) in [6.45, 7) is 4.78. The Balaban J connectivity index is 1.12. The molecule has 23 N–H and O–H groups in total. The van der Waals surface area contributed by atoms with Crippen LogP contribution >= 0.6 is 11.8 Å². The van der Waals surface area contributed by atoms with Crippen LogP contribution in [0.2, 0.25) is 0 Å². The van der Waals surface area contributed by atoms with Gasteiger partial charge in [-0.3, -0.25) is 19.3 Å². The summed E-state index contributed by atoms with van der Waals surface area (Å²) in [6, 6.07) is -7.77. The second-order valence-corrected chi connectivity index (χ2v) is 22.3. The van der Waals surface area contributed by atoms with Crippen molar-refractivity contribution >= 4 is 35.5 Å². The molecule has 0 aromatic rings. The van der Waals surface area contributed by atoms with Crippen LogP contribution in [0.5, 0.6) is 0 Å². The summed E-state index contributed by atoms with van der Waals surface area (Å²) in [5.74, 6) is -1.61. The average molecular weight is 1130 g/mol. The number of ether oxygens (including phenoxy) is 8. The van der Waals surface area contributed by atoms with Gasteiger partial charge in [-0.25, -0.2) is 4.79 Å². The average Bonchev–Trinajstić information content (AvgIpc) is 3.68. The largest absolute Gasteiger partial charge is 0.394 e. The van der Waals surface area contributed by atoms with Crippen LogP contribution in [0.3, 0.4) is 0 Å². The molecule has 25 atom stereocenters. The molecular formula is C45H82N10O21S. The van der Waals surface area contributed by atoms with Gasteiger partial charge in [0.25, 0.3) is 0 Å². The SMILES string of the molecule is CC(=O)N[C@H]1[C@H](OCCCN2C(=O)N(C(C)(C)C)C(=O)CC2C(=O)NCCSC[C@H]2O[C@@H](O[C@@H]3[C@@H](O)[C@H](N)C[C@H](N)[C@H]3O[C@H]3O[C@H](CN)[C@@H](O)[C@H](O)[C@H]3N)[C@H](O)[C@@H]2O[C@H]2O[C@@H](CN)[C@@H](O)[C@H](O)[C@H]2N)O[C@H](CO)[C@@H](O)[C@@H]1O. The van der Waals surface area contributed by atoms with Crippen LogP contribution in [0, 0.1) is 0 Å². The van der Waals surface area contributed by atoms with Gasteiger partial charge in [0, 0.05) is 62.2 Å². The smallest absolute Gasteiger partial charge is 0.327 e. The second kappa shape index (κ2) is 27.4. The van der Waals surface area contributed by atoms with Gasteiger partial charge in [0.2, 0.25) is 17.7 Å². The van der Waals surface area contributed by atoms with Gasteiger partial charge >= 0.3 is 6.03 Å². The summed E-state index contributed by atoms with van der Waals surface area (Å²) in [4.78, 5) is 55.5. The highest BCUT2D eigenvalue weighted by Gasteiger charge is 2.55. The molecular weight excluding hydrogens is 1050 g/mol. The lowest BCUT2D eigenvalue weighted by molar-refractivity contribution is -0.306. The van der Waals surface area contributed by atoms with Crippen LogP contribution < -0.4 is 45.0 Å². The summed E-state index contributed by atoms with van der Waals surface area (Å²) in [6.07, 6.45) is -26.9. The first-order chi connectivity index (χ1) is 36.2. The number of hydrogen-bond acceptors (Lipinski definition) is 28. The van der Waals surface area contributed by atoms with Crippen LogP contribution in [-0.2, 0) is 52.3 Å². The van der Waals surface area contributed by atoms with Crippen molar-refractivity contribution in [2.75, 3.05) is 50.9 Å². The summed E-state index contributed by atoms with van der Waals surface area (Å²) in [5, 5.41) is 102. The van der Waals surface area contributed by atoms with Crippen molar-refractivity contribution in [2.45, 2.75) is 205 Å². The first-order valence-electron chi connectivity index (χ1n) is 25.7. The molecule has 1 unspecified atom stereocenters. The molecule has 32 heteroatoms. The van der Waals surface area contributed by atoms with Crippen LogP contribution in [-0.4, -0.2) is 289 Å². The lowest BCUT2D eigenvalue weighted by Crippen LogP contribution is -2.68. The molecule has 0 spiro atoms. The Morgan fingerprint density at radius 1 is 0.701 bits per heavy atom. The number of thioether (sulfide) groups is 1. The zero-order chi connectivity index (χ0) is 57.0. The number of carbonyl (C=O) groups is 4. The maximum atomic E-state index is 14.0. The maximum absolute atomic E-state index is 14.0. The Bertz CT molecular complexity index is 1960. The van der Waals surface area contributed by atoms with E-state index >= 15 is 0 Å². The molecule has 1 aliphatic carbocycles. The van der Waals surface area contributed by atoms with Crippen molar-refractivity contribution in [1.82, 2.24) is 20.4 Å². The number of rotatable bonds is 21. The molecule has 6 fully saturated rings. The zero-order valence-corrected chi connectivity index (χ0v) is 44.2. The Morgan fingerprint density at radius 2 is 1.25 bits per heavy atom. The minimum absolute atomic E-state index is 0.0121. The third-order valence-corrected chi connectivity index (χ3v) is 15.6. The Kier molecular flexibility index (Phi) is 22.6.